The lowest BCUT2D eigenvalue weighted by Gasteiger charge is -2.07. The highest BCUT2D eigenvalue weighted by Gasteiger charge is 2.05. The molecule has 0 radical (unpaired) electrons. The van der Waals surface area contributed by atoms with E-state index in [2.05, 4.69) is 48.1 Å². The Balaban J connectivity index is 1.93. The zero-order valence-electron chi connectivity index (χ0n) is 12.3. The van der Waals surface area contributed by atoms with Gasteiger partial charge in [0.1, 0.15) is 0 Å². The Morgan fingerprint density at radius 3 is 2.19 bits per heavy atom. The van der Waals surface area contributed by atoms with Gasteiger partial charge in [-0.3, -0.25) is 9.97 Å². The van der Waals surface area contributed by atoms with Crippen LogP contribution < -0.4 is 0 Å². The van der Waals surface area contributed by atoms with Gasteiger partial charge in [0.25, 0.3) is 0 Å². The van der Waals surface area contributed by atoms with Gasteiger partial charge in [0.2, 0.25) is 0 Å². The molecule has 2 aromatic heterocycles. The maximum atomic E-state index is 4.68. The van der Waals surface area contributed by atoms with Crippen LogP contribution in [0.3, 0.4) is 0 Å². The van der Waals surface area contributed by atoms with Gasteiger partial charge in [-0.15, -0.1) is 0 Å². The molecule has 0 N–H and O–H groups in total. The van der Waals surface area contributed by atoms with Gasteiger partial charge in [0, 0.05) is 17.5 Å². The van der Waals surface area contributed by atoms with Crippen molar-refractivity contribution in [2.75, 3.05) is 0 Å². The highest BCUT2D eigenvalue weighted by molar-refractivity contribution is 5.65. The standard InChI is InChI=1S/C19H18N2/c1-14(2)17-9-6-10-19(21-17)18-12-11-16(13-20-18)15-7-4-3-5-8-15/h3-14H,1-2H3. The van der Waals surface area contributed by atoms with Crippen molar-refractivity contribution in [3.63, 3.8) is 0 Å². The molecule has 21 heavy (non-hydrogen) atoms. The Hall–Kier alpha value is -2.48. The number of rotatable bonds is 3. The van der Waals surface area contributed by atoms with Crippen LogP contribution in [0.25, 0.3) is 22.5 Å². The van der Waals surface area contributed by atoms with Crippen molar-refractivity contribution in [1.82, 2.24) is 9.97 Å². The van der Waals surface area contributed by atoms with E-state index in [4.69, 9.17) is 0 Å². The normalized spacial score (nSPS) is 10.8. The molecule has 0 fully saturated rings. The Bertz CT molecular complexity index is 716. The van der Waals surface area contributed by atoms with Crippen molar-refractivity contribution in [2.24, 2.45) is 0 Å². The highest BCUT2D eigenvalue weighted by Crippen LogP contribution is 2.22. The summed E-state index contributed by atoms with van der Waals surface area (Å²) in [5, 5.41) is 0. The summed E-state index contributed by atoms with van der Waals surface area (Å²) in [5.74, 6) is 0.425. The first kappa shape index (κ1) is 13.5. The molecule has 0 aliphatic carbocycles. The van der Waals surface area contributed by atoms with E-state index in [-0.39, 0.29) is 0 Å². The minimum Gasteiger partial charge on any atom is -0.254 e. The van der Waals surface area contributed by atoms with Crippen LogP contribution in [0.15, 0.2) is 66.9 Å². The lowest BCUT2D eigenvalue weighted by atomic mass is 10.1. The maximum absolute atomic E-state index is 4.68. The first-order valence-corrected chi connectivity index (χ1v) is 7.23. The summed E-state index contributed by atoms with van der Waals surface area (Å²) in [6, 6.07) is 20.5. The van der Waals surface area contributed by atoms with E-state index in [0.717, 1.165) is 22.6 Å². The van der Waals surface area contributed by atoms with Crippen molar-refractivity contribution >= 4 is 0 Å². The molecule has 2 heterocycles. The molecule has 1 aromatic carbocycles. The van der Waals surface area contributed by atoms with Crippen LogP contribution in [-0.4, -0.2) is 9.97 Å². The summed E-state index contributed by atoms with van der Waals surface area (Å²) in [6.07, 6.45) is 1.91. The Morgan fingerprint density at radius 2 is 1.52 bits per heavy atom. The number of pyridine rings is 2. The van der Waals surface area contributed by atoms with Crippen LogP contribution in [0, 0.1) is 0 Å². The van der Waals surface area contributed by atoms with Gasteiger partial charge in [0.15, 0.2) is 0 Å². The molecule has 0 unspecified atom stereocenters. The number of benzene rings is 1. The first-order valence-electron chi connectivity index (χ1n) is 7.23. The summed E-state index contributed by atoms with van der Waals surface area (Å²) in [4.78, 5) is 9.25. The molecule has 104 valence electrons. The summed E-state index contributed by atoms with van der Waals surface area (Å²) in [5.41, 5.74) is 5.25. The molecule has 0 saturated carbocycles. The number of aromatic nitrogens is 2. The Morgan fingerprint density at radius 1 is 0.714 bits per heavy atom. The van der Waals surface area contributed by atoms with Crippen LogP contribution in [0.5, 0.6) is 0 Å². The van der Waals surface area contributed by atoms with E-state index < -0.39 is 0 Å². The molecule has 2 heteroatoms. The van der Waals surface area contributed by atoms with Gasteiger partial charge >= 0.3 is 0 Å². The summed E-state index contributed by atoms with van der Waals surface area (Å²) in [7, 11) is 0. The van der Waals surface area contributed by atoms with Crippen LogP contribution in [0.4, 0.5) is 0 Å². The van der Waals surface area contributed by atoms with Gasteiger partial charge in [0.05, 0.1) is 11.4 Å². The van der Waals surface area contributed by atoms with Crippen LogP contribution in [0.1, 0.15) is 25.5 Å². The number of hydrogen-bond acceptors (Lipinski definition) is 2. The topological polar surface area (TPSA) is 25.8 Å². The van der Waals surface area contributed by atoms with E-state index >= 15 is 0 Å². The van der Waals surface area contributed by atoms with E-state index in [0.29, 0.717) is 5.92 Å². The van der Waals surface area contributed by atoms with Crippen molar-refractivity contribution in [3.8, 4) is 22.5 Å². The average molecular weight is 274 g/mol. The van der Waals surface area contributed by atoms with E-state index in [9.17, 15) is 0 Å². The third-order valence-corrected chi connectivity index (χ3v) is 3.50. The predicted octanol–water partition coefficient (Wildman–Crippen LogP) is 4.93. The number of hydrogen-bond donors (Lipinski definition) is 0. The van der Waals surface area contributed by atoms with Gasteiger partial charge < -0.3 is 0 Å². The molecule has 0 spiro atoms. The van der Waals surface area contributed by atoms with Crippen LogP contribution in [-0.2, 0) is 0 Å². The second kappa shape index (κ2) is 5.88. The second-order valence-corrected chi connectivity index (χ2v) is 5.40. The fourth-order valence-corrected chi connectivity index (χ4v) is 2.26. The SMILES string of the molecule is CC(C)c1cccc(-c2ccc(-c3ccccc3)cn2)n1. The molecular formula is C19H18N2. The summed E-state index contributed by atoms with van der Waals surface area (Å²) >= 11 is 0. The third kappa shape index (κ3) is 3.00. The quantitative estimate of drug-likeness (QED) is 0.676. The lowest BCUT2D eigenvalue weighted by Crippen LogP contribution is -1.95. The van der Waals surface area contributed by atoms with E-state index in [1.807, 2.05) is 42.6 Å². The van der Waals surface area contributed by atoms with Gasteiger partial charge in [-0.2, -0.15) is 0 Å². The Kier molecular flexibility index (Phi) is 3.78. The summed E-state index contributed by atoms with van der Waals surface area (Å²) < 4.78 is 0. The monoisotopic (exact) mass is 274 g/mol. The molecule has 3 aromatic rings. The molecule has 3 rings (SSSR count). The minimum atomic E-state index is 0.425. The summed E-state index contributed by atoms with van der Waals surface area (Å²) in [6.45, 7) is 4.30. The molecule has 0 aliphatic heterocycles. The zero-order valence-corrected chi connectivity index (χ0v) is 12.3. The molecule has 0 aliphatic rings. The fraction of sp³-hybridized carbons (Fsp3) is 0.158. The van der Waals surface area contributed by atoms with Gasteiger partial charge in [-0.1, -0.05) is 56.3 Å². The second-order valence-electron chi connectivity index (χ2n) is 5.40. The van der Waals surface area contributed by atoms with Crippen LogP contribution >= 0.6 is 0 Å². The molecule has 0 saturated heterocycles. The van der Waals surface area contributed by atoms with Crippen molar-refractivity contribution in [2.45, 2.75) is 19.8 Å². The van der Waals surface area contributed by atoms with Crippen LogP contribution in [0.2, 0.25) is 0 Å². The molecule has 0 amide bonds. The molecule has 0 atom stereocenters. The molecule has 0 bridgehead atoms. The largest absolute Gasteiger partial charge is 0.254 e. The fourth-order valence-electron chi connectivity index (χ4n) is 2.26. The maximum Gasteiger partial charge on any atom is 0.0889 e. The zero-order chi connectivity index (χ0) is 14.7. The first-order chi connectivity index (χ1) is 10.2. The lowest BCUT2D eigenvalue weighted by molar-refractivity contribution is 0.824. The van der Waals surface area contributed by atoms with Crippen molar-refractivity contribution in [1.29, 1.82) is 0 Å². The minimum absolute atomic E-state index is 0.425. The Labute approximate surface area is 125 Å². The van der Waals surface area contributed by atoms with Crippen molar-refractivity contribution < 1.29 is 0 Å². The highest BCUT2D eigenvalue weighted by atomic mass is 14.8. The van der Waals surface area contributed by atoms with E-state index in [1.54, 1.807) is 0 Å². The molecule has 2 nitrogen and oxygen atoms in total. The van der Waals surface area contributed by atoms with E-state index in [1.165, 1.54) is 5.56 Å². The molecular weight excluding hydrogens is 256 g/mol. The third-order valence-electron chi connectivity index (χ3n) is 3.50. The predicted molar refractivity (Wildman–Crippen MR) is 87.0 cm³/mol. The average Bonchev–Trinajstić information content (AvgIpc) is 2.56. The van der Waals surface area contributed by atoms with Gasteiger partial charge in [-0.25, -0.2) is 0 Å². The van der Waals surface area contributed by atoms with Crippen molar-refractivity contribution in [3.05, 3.63) is 72.6 Å². The smallest absolute Gasteiger partial charge is 0.0889 e. The van der Waals surface area contributed by atoms with Gasteiger partial charge in [-0.05, 0) is 29.7 Å². The number of nitrogens with zero attached hydrogens (tertiary/aromatic N) is 2.